The summed E-state index contributed by atoms with van der Waals surface area (Å²) in [5.74, 6) is 1.50. The number of benzene rings is 1. The van der Waals surface area contributed by atoms with Crippen molar-refractivity contribution in [3.63, 3.8) is 0 Å². The molecule has 0 saturated carbocycles. The highest BCUT2D eigenvalue weighted by Crippen LogP contribution is 2.33. The number of methoxy groups -OCH3 is 1. The van der Waals surface area contributed by atoms with Crippen LogP contribution in [-0.2, 0) is 11.2 Å². The van der Waals surface area contributed by atoms with Crippen LogP contribution in [0.3, 0.4) is 0 Å². The quantitative estimate of drug-likeness (QED) is 0.791. The van der Waals surface area contributed by atoms with Gasteiger partial charge in [-0.25, -0.2) is 0 Å². The first-order chi connectivity index (χ1) is 7.61. The lowest BCUT2D eigenvalue weighted by molar-refractivity contribution is 0.325. The summed E-state index contributed by atoms with van der Waals surface area (Å²) in [4.78, 5) is 0. The lowest BCUT2D eigenvalue weighted by Crippen LogP contribution is -2.09. The molecule has 1 aromatic rings. The van der Waals surface area contributed by atoms with Crippen molar-refractivity contribution in [2.24, 2.45) is 5.92 Å². The molecule has 1 aliphatic heterocycles. The zero-order chi connectivity index (χ0) is 11.7. The van der Waals surface area contributed by atoms with Crippen molar-refractivity contribution in [3.05, 3.63) is 28.2 Å². The van der Waals surface area contributed by atoms with Gasteiger partial charge in [0.15, 0.2) is 0 Å². The molecule has 0 N–H and O–H groups in total. The van der Waals surface area contributed by atoms with Gasteiger partial charge in [0.25, 0.3) is 0 Å². The summed E-state index contributed by atoms with van der Waals surface area (Å²) in [6.45, 7) is 4.35. The second-order valence-electron chi connectivity index (χ2n) is 4.44. The molecule has 0 bridgehead atoms. The van der Waals surface area contributed by atoms with Gasteiger partial charge in [0, 0.05) is 4.47 Å². The third-order valence-corrected chi connectivity index (χ3v) is 3.60. The molecule has 0 spiro atoms. The molecule has 1 aliphatic rings. The first-order valence-corrected chi connectivity index (χ1v) is 6.39. The Balaban J connectivity index is 2.10. The molecule has 0 aromatic heterocycles. The number of epoxide rings is 1. The van der Waals surface area contributed by atoms with E-state index in [9.17, 15) is 0 Å². The van der Waals surface area contributed by atoms with Crippen molar-refractivity contribution in [1.82, 2.24) is 0 Å². The molecule has 88 valence electrons. The van der Waals surface area contributed by atoms with E-state index in [-0.39, 0.29) is 0 Å². The fourth-order valence-corrected chi connectivity index (χ4v) is 2.58. The van der Waals surface area contributed by atoms with E-state index in [1.165, 1.54) is 5.56 Å². The Morgan fingerprint density at radius 1 is 1.50 bits per heavy atom. The zero-order valence-electron chi connectivity index (χ0n) is 9.87. The molecule has 16 heavy (non-hydrogen) atoms. The van der Waals surface area contributed by atoms with Crippen molar-refractivity contribution >= 4 is 15.9 Å². The molecular weight excluding hydrogens is 268 g/mol. The normalized spacial score (nSPS) is 25.2. The highest BCUT2D eigenvalue weighted by molar-refractivity contribution is 9.10. The summed E-state index contributed by atoms with van der Waals surface area (Å²) in [7, 11) is 1.72. The number of halogens is 1. The van der Waals surface area contributed by atoms with Crippen LogP contribution in [0.15, 0.2) is 22.7 Å². The molecule has 3 unspecified atom stereocenters. The molecule has 0 aliphatic carbocycles. The third-order valence-electron chi connectivity index (χ3n) is 3.10. The van der Waals surface area contributed by atoms with Gasteiger partial charge >= 0.3 is 0 Å². The van der Waals surface area contributed by atoms with Gasteiger partial charge in [0.2, 0.25) is 0 Å². The Bertz CT molecular complexity index is 378. The first-order valence-electron chi connectivity index (χ1n) is 5.59. The molecule has 1 saturated heterocycles. The monoisotopic (exact) mass is 284 g/mol. The maximum atomic E-state index is 5.50. The van der Waals surface area contributed by atoms with Gasteiger partial charge < -0.3 is 9.47 Å². The van der Waals surface area contributed by atoms with Crippen LogP contribution in [-0.4, -0.2) is 19.3 Å². The fraction of sp³-hybridized carbons (Fsp3) is 0.538. The number of hydrogen-bond donors (Lipinski definition) is 0. The van der Waals surface area contributed by atoms with E-state index in [4.69, 9.17) is 9.47 Å². The van der Waals surface area contributed by atoms with Gasteiger partial charge in [-0.05, 0) is 43.0 Å². The summed E-state index contributed by atoms with van der Waals surface area (Å²) < 4.78 is 12.0. The van der Waals surface area contributed by atoms with Crippen LogP contribution in [0, 0.1) is 5.92 Å². The molecule has 3 atom stereocenters. The van der Waals surface area contributed by atoms with Crippen LogP contribution in [0.25, 0.3) is 0 Å². The second kappa shape index (κ2) is 4.76. The van der Waals surface area contributed by atoms with Gasteiger partial charge in [-0.3, -0.25) is 0 Å². The largest absolute Gasteiger partial charge is 0.496 e. The lowest BCUT2D eigenvalue weighted by Gasteiger charge is -2.12. The van der Waals surface area contributed by atoms with E-state index in [2.05, 4.69) is 35.8 Å². The molecule has 2 rings (SSSR count). The Labute approximate surface area is 105 Å². The zero-order valence-corrected chi connectivity index (χ0v) is 11.5. The minimum Gasteiger partial charge on any atom is -0.496 e. The van der Waals surface area contributed by atoms with E-state index < -0.39 is 0 Å². The minimum absolute atomic E-state index is 0.420. The van der Waals surface area contributed by atoms with E-state index in [1.54, 1.807) is 7.11 Å². The Morgan fingerprint density at radius 2 is 2.19 bits per heavy atom. The Hall–Kier alpha value is -0.540. The van der Waals surface area contributed by atoms with E-state index >= 15 is 0 Å². The number of hydrogen-bond acceptors (Lipinski definition) is 2. The van der Waals surface area contributed by atoms with E-state index in [1.807, 2.05) is 12.1 Å². The van der Waals surface area contributed by atoms with E-state index in [0.29, 0.717) is 18.1 Å². The van der Waals surface area contributed by atoms with Gasteiger partial charge in [0.1, 0.15) is 5.75 Å². The van der Waals surface area contributed by atoms with Crippen LogP contribution >= 0.6 is 15.9 Å². The standard InChI is InChI=1S/C13H17BrO2/c1-8(13-9(2)16-13)6-10-7-11(14)4-5-12(10)15-3/h4-5,7-9,13H,6H2,1-3H3. The van der Waals surface area contributed by atoms with Crippen LogP contribution in [0.5, 0.6) is 5.75 Å². The lowest BCUT2D eigenvalue weighted by atomic mass is 9.96. The van der Waals surface area contributed by atoms with Crippen LogP contribution in [0.1, 0.15) is 19.4 Å². The van der Waals surface area contributed by atoms with E-state index in [0.717, 1.165) is 16.6 Å². The molecule has 1 heterocycles. The van der Waals surface area contributed by atoms with Crippen LogP contribution in [0.4, 0.5) is 0 Å². The molecule has 1 aromatic carbocycles. The molecule has 1 fully saturated rings. The van der Waals surface area contributed by atoms with Gasteiger partial charge in [-0.2, -0.15) is 0 Å². The number of rotatable bonds is 4. The predicted molar refractivity (Wildman–Crippen MR) is 67.9 cm³/mol. The Kier molecular flexibility index (Phi) is 3.55. The first kappa shape index (κ1) is 11.9. The van der Waals surface area contributed by atoms with Crippen molar-refractivity contribution in [2.75, 3.05) is 7.11 Å². The molecular formula is C13H17BrO2. The van der Waals surface area contributed by atoms with Crippen molar-refractivity contribution in [3.8, 4) is 5.75 Å². The van der Waals surface area contributed by atoms with Crippen LogP contribution < -0.4 is 4.74 Å². The molecule has 3 heteroatoms. The van der Waals surface area contributed by atoms with Crippen molar-refractivity contribution in [1.29, 1.82) is 0 Å². The second-order valence-corrected chi connectivity index (χ2v) is 5.36. The average Bonchev–Trinajstić information content (AvgIpc) is 2.96. The molecule has 0 radical (unpaired) electrons. The molecule has 0 amide bonds. The maximum absolute atomic E-state index is 5.50. The molecule has 2 nitrogen and oxygen atoms in total. The average molecular weight is 285 g/mol. The fourth-order valence-electron chi connectivity index (χ4n) is 2.17. The maximum Gasteiger partial charge on any atom is 0.122 e. The Morgan fingerprint density at radius 3 is 2.75 bits per heavy atom. The SMILES string of the molecule is COc1ccc(Br)cc1CC(C)C1OC1C. The summed E-state index contributed by atoms with van der Waals surface area (Å²) >= 11 is 3.49. The summed E-state index contributed by atoms with van der Waals surface area (Å²) in [6, 6.07) is 6.13. The highest BCUT2D eigenvalue weighted by Gasteiger charge is 2.38. The highest BCUT2D eigenvalue weighted by atomic mass is 79.9. The van der Waals surface area contributed by atoms with Gasteiger partial charge in [-0.15, -0.1) is 0 Å². The predicted octanol–water partition coefficient (Wildman–Crippen LogP) is 3.42. The number of ether oxygens (including phenoxy) is 2. The van der Waals surface area contributed by atoms with Gasteiger partial charge in [0.05, 0.1) is 19.3 Å². The van der Waals surface area contributed by atoms with Gasteiger partial charge in [-0.1, -0.05) is 22.9 Å². The minimum atomic E-state index is 0.420. The summed E-state index contributed by atoms with van der Waals surface area (Å²) in [5.41, 5.74) is 1.24. The summed E-state index contributed by atoms with van der Waals surface area (Å²) in [6.07, 6.45) is 1.84. The topological polar surface area (TPSA) is 21.8 Å². The van der Waals surface area contributed by atoms with Crippen molar-refractivity contribution in [2.45, 2.75) is 32.5 Å². The van der Waals surface area contributed by atoms with Crippen LogP contribution in [0.2, 0.25) is 0 Å². The summed E-state index contributed by atoms with van der Waals surface area (Å²) in [5, 5.41) is 0. The van der Waals surface area contributed by atoms with Crippen molar-refractivity contribution < 1.29 is 9.47 Å². The third kappa shape index (κ3) is 2.58. The smallest absolute Gasteiger partial charge is 0.122 e.